The van der Waals surface area contributed by atoms with Crippen LogP contribution >= 0.6 is 0 Å². The molecule has 0 radical (unpaired) electrons. The van der Waals surface area contributed by atoms with E-state index in [0.717, 1.165) is 37.2 Å². The van der Waals surface area contributed by atoms with Crippen LogP contribution in [-0.2, 0) is 9.84 Å². The van der Waals surface area contributed by atoms with E-state index < -0.39 is 9.84 Å². The van der Waals surface area contributed by atoms with Gasteiger partial charge in [0.25, 0.3) is 0 Å². The molecule has 1 aromatic rings. The fourth-order valence-corrected chi connectivity index (χ4v) is 6.94. The molecular weight excluding hydrogens is 352 g/mol. The van der Waals surface area contributed by atoms with Gasteiger partial charge in [0.15, 0.2) is 9.84 Å². The molecule has 0 heterocycles. The van der Waals surface area contributed by atoms with Gasteiger partial charge in [-0.2, -0.15) is 0 Å². The molecule has 3 heteroatoms. The van der Waals surface area contributed by atoms with Gasteiger partial charge >= 0.3 is 0 Å². The zero-order chi connectivity index (χ0) is 19.1. The lowest BCUT2D eigenvalue weighted by Gasteiger charge is -2.24. The van der Waals surface area contributed by atoms with Crippen molar-refractivity contribution in [2.24, 2.45) is 11.8 Å². The lowest BCUT2D eigenvalue weighted by molar-refractivity contribution is 0.415. The summed E-state index contributed by atoms with van der Waals surface area (Å²) in [5, 5.41) is 0. The third-order valence-electron chi connectivity index (χ3n) is 6.71. The van der Waals surface area contributed by atoms with Gasteiger partial charge in [-0.3, -0.25) is 0 Å². The van der Waals surface area contributed by atoms with Gasteiger partial charge in [-0.1, -0.05) is 62.8 Å². The van der Waals surface area contributed by atoms with E-state index in [-0.39, 0.29) is 0 Å². The molecule has 0 aliphatic heterocycles. The fraction of sp³-hybridized carbons (Fsp3) is 0.667. The maximum Gasteiger partial charge on any atom is 0.178 e. The highest BCUT2D eigenvalue weighted by Crippen LogP contribution is 2.53. The Balaban J connectivity index is 1.48. The van der Waals surface area contributed by atoms with Crippen molar-refractivity contribution in [2.45, 2.75) is 87.9 Å². The second-order valence-corrected chi connectivity index (χ2v) is 10.8. The number of unbranched alkanes of at least 4 members (excludes halogenated alkanes) is 7. The van der Waals surface area contributed by atoms with Gasteiger partial charge in [-0.15, -0.1) is 6.58 Å². The van der Waals surface area contributed by atoms with Crippen LogP contribution in [0.25, 0.3) is 0 Å². The number of fused-ring (bicyclic) bond motifs is 2. The Morgan fingerprint density at radius 3 is 2.30 bits per heavy atom. The zero-order valence-corrected chi connectivity index (χ0v) is 17.6. The predicted octanol–water partition coefficient (Wildman–Crippen LogP) is 6.67. The van der Waals surface area contributed by atoms with Crippen LogP contribution in [0.3, 0.4) is 0 Å². The Bertz CT molecular complexity index is 707. The molecule has 150 valence electrons. The average Bonchev–Trinajstić information content (AvgIpc) is 3.30. The standard InChI is InChI=1S/C24H36O2S/c1-2-3-4-5-6-7-8-9-12-17-27(25,26)24-14-11-10-13-22(24)23-19-20-15-16-21(23)18-20/h2,10-11,13-14,20-21,23H,1,3-9,12,15-19H2. The van der Waals surface area contributed by atoms with E-state index >= 15 is 0 Å². The van der Waals surface area contributed by atoms with Gasteiger partial charge in [0.1, 0.15) is 0 Å². The van der Waals surface area contributed by atoms with E-state index in [9.17, 15) is 8.42 Å². The molecule has 0 aromatic heterocycles. The third kappa shape index (κ3) is 5.47. The van der Waals surface area contributed by atoms with Gasteiger partial charge in [-0.25, -0.2) is 8.42 Å². The molecule has 2 aliphatic rings. The van der Waals surface area contributed by atoms with Crippen molar-refractivity contribution in [3.05, 3.63) is 42.5 Å². The van der Waals surface area contributed by atoms with E-state index in [4.69, 9.17) is 0 Å². The molecule has 1 aromatic carbocycles. The minimum Gasteiger partial charge on any atom is -0.224 e. The average molecular weight is 389 g/mol. The second kappa shape index (κ2) is 9.91. The molecule has 0 spiro atoms. The lowest BCUT2D eigenvalue weighted by Crippen LogP contribution is -2.15. The number of sulfone groups is 1. The van der Waals surface area contributed by atoms with Crippen LogP contribution in [-0.4, -0.2) is 14.2 Å². The summed E-state index contributed by atoms with van der Waals surface area (Å²) in [5.41, 5.74) is 1.12. The van der Waals surface area contributed by atoms with Crippen LogP contribution in [0.4, 0.5) is 0 Å². The number of hydrogen-bond acceptors (Lipinski definition) is 2. The molecule has 2 aliphatic carbocycles. The van der Waals surface area contributed by atoms with Crippen LogP contribution in [0, 0.1) is 11.8 Å². The molecule has 27 heavy (non-hydrogen) atoms. The molecule has 2 fully saturated rings. The highest BCUT2D eigenvalue weighted by Gasteiger charge is 2.41. The van der Waals surface area contributed by atoms with Crippen molar-refractivity contribution in [1.29, 1.82) is 0 Å². The molecular formula is C24H36O2S. The van der Waals surface area contributed by atoms with Crippen molar-refractivity contribution in [2.75, 3.05) is 5.75 Å². The normalized spacial score (nSPS) is 24.4. The Morgan fingerprint density at radius 1 is 0.926 bits per heavy atom. The van der Waals surface area contributed by atoms with Gasteiger partial charge in [0.2, 0.25) is 0 Å². The number of allylic oxidation sites excluding steroid dienone is 1. The minimum atomic E-state index is -3.16. The summed E-state index contributed by atoms with van der Waals surface area (Å²) < 4.78 is 26.0. The van der Waals surface area contributed by atoms with Crippen molar-refractivity contribution < 1.29 is 8.42 Å². The van der Waals surface area contributed by atoms with Crippen LogP contribution in [0.1, 0.15) is 88.5 Å². The van der Waals surface area contributed by atoms with E-state index in [2.05, 4.69) is 12.6 Å². The van der Waals surface area contributed by atoms with Gasteiger partial charge in [-0.05, 0) is 67.9 Å². The Morgan fingerprint density at radius 2 is 1.63 bits per heavy atom. The van der Waals surface area contributed by atoms with Crippen molar-refractivity contribution in [3.63, 3.8) is 0 Å². The third-order valence-corrected chi connectivity index (χ3v) is 8.58. The first-order valence-electron chi connectivity index (χ1n) is 11.0. The summed E-state index contributed by atoms with van der Waals surface area (Å²) in [7, 11) is -3.16. The summed E-state index contributed by atoms with van der Waals surface area (Å²) >= 11 is 0. The lowest BCUT2D eigenvalue weighted by atomic mass is 9.83. The van der Waals surface area contributed by atoms with Crippen LogP contribution in [0.15, 0.2) is 41.8 Å². The van der Waals surface area contributed by atoms with Gasteiger partial charge in [0.05, 0.1) is 10.6 Å². The largest absolute Gasteiger partial charge is 0.224 e. The predicted molar refractivity (Wildman–Crippen MR) is 114 cm³/mol. The molecule has 2 nitrogen and oxygen atoms in total. The van der Waals surface area contributed by atoms with E-state index in [1.54, 1.807) is 0 Å². The Hall–Kier alpha value is -1.09. The fourth-order valence-electron chi connectivity index (χ4n) is 5.27. The molecule has 2 saturated carbocycles. The van der Waals surface area contributed by atoms with E-state index in [1.165, 1.54) is 51.4 Å². The summed E-state index contributed by atoms with van der Waals surface area (Å²) in [6.07, 6.45) is 16.2. The first-order valence-corrected chi connectivity index (χ1v) is 12.7. The second-order valence-electron chi connectivity index (χ2n) is 8.69. The number of hydrogen-bond donors (Lipinski definition) is 0. The maximum absolute atomic E-state index is 13.0. The van der Waals surface area contributed by atoms with Crippen molar-refractivity contribution >= 4 is 9.84 Å². The SMILES string of the molecule is C=CCCCCCCCCCS(=O)(=O)c1ccccc1C1CC2CCC1C2. The summed E-state index contributed by atoms with van der Waals surface area (Å²) in [5.74, 6) is 2.33. The highest BCUT2D eigenvalue weighted by atomic mass is 32.2. The molecule has 3 atom stereocenters. The first kappa shape index (κ1) is 20.6. The summed E-state index contributed by atoms with van der Waals surface area (Å²) in [6, 6.07) is 7.86. The van der Waals surface area contributed by atoms with Gasteiger partial charge in [0, 0.05) is 0 Å². The summed E-state index contributed by atoms with van der Waals surface area (Å²) in [4.78, 5) is 0.631. The topological polar surface area (TPSA) is 34.1 Å². The Kier molecular flexibility index (Phi) is 7.57. The minimum absolute atomic E-state index is 0.307. The van der Waals surface area contributed by atoms with Gasteiger partial charge < -0.3 is 0 Å². The number of rotatable bonds is 12. The Labute approximate surface area is 166 Å². The molecule has 3 unspecified atom stereocenters. The monoisotopic (exact) mass is 388 g/mol. The van der Waals surface area contributed by atoms with E-state index in [1.807, 2.05) is 24.3 Å². The summed E-state index contributed by atoms with van der Waals surface area (Å²) in [6.45, 7) is 3.75. The maximum atomic E-state index is 13.0. The van der Waals surface area contributed by atoms with Crippen LogP contribution < -0.4 is 0 Å². The van der Waals surface area contributed by atoms with Crippen LogP contribution in [0.5, 0.6) is 0 Å². The smallest absolute Gasteiger partial charge is 0.178 e. The first-order chi connectivity index (χ1) is 13.1. The van der Waals surface area contributed by atoms with Crippen molar-refractivity contribution in [1.82, 2.24) is 0 Å². The molecule has 0 saturated heterocycles. The molecule has 0 N–H and O–H groups in total. The molecule has 3 rings (SSSR count). The van der Waals surface area contributed by atoms with E-state index in [0.29, 0.717) is 22.5 Å². The molecule has 0 amide bonds. The zero-order valence-electron chi connectivity index (χ0n) is 16.7. The highest BCUT2D eigenvalue weighted by molar-refractivity contribution is 7.91. The molecule has 2 bridgehead atoms. The number of benzene rings is 1. The van der Waals surface area contributed by atoms with Crippen molar-refractivity contribution in [3.8, 4) is 0 Å². The van der Waals surface area contributed by atoms with Crippen LogP contribution in [0.2, 0.25) is 0 Å². The quantitative estimate of drug-likeness (QED) is 0.296.